The van der Waals surface area contributed by atoms with E-state index in [2.05, 4.69) is 22.4 Å². The minimum Gasteiger partial charge on any atom is -0.378 e. The van der Waals surface area contributed by atoms with Crippen LogP contribution in [0, 0.1) is 5.95 Å². The number of halogens is 2. The number of rotatable bonds is 6. The van der Waals surface area contributed by atoms with E-state index < -0.39 is 0 Å². The maximum Gasteiger partial charge on any atom is 0.216 e. The van der Waals surface area contributed by atoms with Gasteiger partial charge in [-0.15, -0.1) is 12.4 Å². The van der Waals surface area contributed by atoms with E-state index in [0.717, 1.165) is 18.7 Å². The zero-order valence-electron chi connectivity index (χ0n) is 11.1. The number of nitrogens with zero attached hydrogens (tertiary/aromatic N) is 4. The van der Waals surface area contributed by atoms with Crippen molar-refractivity contribution in [2.45, 2.75) is 39.9 Å². The molecule has 0 unspecified atom stereocenters. The van der Waals surface area contributed by atoms with Gasteiger partial charge in [-0.25, -0.2) is 4.68 Å². The van der Waals surface area contributed by atoms with Gasteiger partial charge >= 0.3 is 0 Å². The Balaban J connectivity index is 0.00000180. The normalized spacial score (nSPS) is 10.3. The SMILES string of the molecule is CCCn1cc(NCc2cnn(CC)c2F)cn1.Cl. The van der Waals surface area contributed by atoms with Crippen LogP contribution in [0.1, 0.15) is 25.8 Å². The standard InChI is InChI=1S/C12H18FN5.ClH/c1-3-5-17-9-11(8-15-17)14-6-10-7-16-18(4-2)12(10)13;/h7-9,14H,3-6H2,1-2H3;1H. The van der Waals surface area contributed by atoms with Crippen molar-refractivity contribution in [3.63, 3.8) is 0 Å². The minimum absolute atomic E-state index is 0. The minimum atomic E-state index is -0.272. The number of nitrogens with one attached hydrogen (secondary N) is 1. The van der Waals surface area contributed by atoms with E-state index in [1.807, 2.05) is 17.8 Å². The highest BCUT2D eigenvalue weighted by atomic mass is 35.5. The maximum absolute atomic E-state index is 13.7. The summed E-state index contributed by atoms with van der Waals surface area (Å²) in [6, 6.07) is 0. The first-order chi connectivity index (χ1) is 8.74. The molecule has 0 aliphatic rings. The van der Waals surface area contributed by atoms with Crippen LogP contribution in [-0.4, -0.2) is 19.6 Å². The average Bonchev–Trinajstić information content (AvgIpc) is 2.94. The molecule has 0 aliphatic carbocycles. The largest absolute Gasteiger partial charge is 0.378 e. The molecule has 1 N–H and O–H groups in total. The molecule has 0 atom stereocenters. The number of aromatic nitrogens is 4. The maximum atomic E-state index is 13.7. The summed E-state index contributed by atoms with van der Waals surface area (Å²) in [5.41, 5.74) is 1.46. The molecule has 0 aromatic carbocycles. The molecule has 0 radical (unpaired) electrons. The van der Waals surface area contributed by atoms with Crippen LogP contribution in [0.3, 0.4) is 0 Å². The Hall–Kier alpha value is -1.56. The van der Waals surface area contributed by atoms with Crippen molar-refractivity contribution in [1.29, 1.82) is 0 Å². The number of hydrogen-bond donors (Lipinski definition) is 1. The Labute approximate surface area is 118 Å². The van der Waals surface area contributed by atoms with Gasteiger partial charge in [0.1, 0.15) is 0 Å². The van der Waals surface area contributed by atoms with E-state index in [0.29, 0.717) is 18.7 Å². The molecular formula is C12H19ClFN5. The molecule has 0 amide bonds. The molecule has 0 saturated heterocycles. The molecule has 7 heteroatoms. The van der Waals surface area contributed by atoms with Gasteiger partial charge in [0.2, 0.25) is 5.95 Å². The first-order valence-corrected chi connectivity index (χ1v) is 6.21. The molecule has 2 rings (SSSR count). The summed E-state index contributed by atoms with van der Waals surface area (Å²) in [6.45, 7) is 5.82. The van der Waals surface area contributed by atoms with E-state index in [9.17, 15) is 4.39 Å². The van der Waals surface area contributed by atoms with Crippen molar-refractivity contribution >= 4 is 18.1 Å². The van der Waals surface area contributed by atoms with Crippen molar-refractivity contribution in [3.05, 3.63) is 30.1 Å². The van der Waals surface area contributed by atoms with Crippen molar-refractivity contribution in [2.24, 2.45) is 0 Å². The van der Waals surface area contributed by atoms with Crippen LogP contribution >= 0.6 is 12.4 Å². The predicted octanol–water partition coefficient (Wildman–Crippen LogP) is 2.68. The number of anilines is 1. The average molecular weight is 288 g/mol. The van der Waals surface area contributed by atoms with Gasteiger partial charge in [-0.05, 0) is 13.3 Å². The Morgan fingerprint density at radius 2 is 2.05 bits per heavy atom. The molecule has 0 spiro atoms. The van der Waals surface area contributed by atoms with Crippen molar-refractivity contribution < 1.29 is 4.39 Å². The van der Waals surface area contributed by atoms with Crippen LogP contribution in [0.15, 0.2) is 18.6 Å². The van der Waals surface area contributed by atoms with Gasteiger partial charge in [0.05, 0.1) is 18.1 Å². The molecule has 2 aromatic heterocycles. The predicted molar refractivity (Wildman–Crippen MR) is 75.0 cm³/mol. The van der Waals surface area contributed by atoms with Crippen LogP contribution in [0.5, 0.6) is 0 Å². The number of aryl methyl sites for hydroxylation is 2. The van der Waals surface area contributed by atoms with Crippen LogP contribution in [0.25, 0.3) is 0 Å². The van der Waals surface area contributed by atoms with Gasteiger partial charge in [-0.1, -0.05) is 6.92 Å². The lowest BCUT2D eigenvalue weighted by Crippen LogP contribution is -2.03. The summed E-state index contributed by atoms with van der Waals surface area (Å²) >= 11 is 0. The lowest BCUT2D eigenvalue weighted by molar-refractivity contribution is 0.465. The van der Waals surface area contributed by atoms with E-state index in [4.69, 9.17) is 0 Å². The lowest BCUT2D eigenvalue weighted by Gasteiger charge is -2.01. The smallest absolute Gasteiger partial charge is 0.216 e. The molecule has 2 heterocycles. The molecule has 2 aromatic rings. The van der Waals surface area contributed by atoms with Crippen LogP contribution in [0.4, 0.5) is 10.1 Å². The van der Waals surface area contributed by atoms with Crippen molar-refractivity contribution in [1.82, 2.24) is 19.6 Å². The van der Waals surface area contributed by atoms with Gasteiger partial charge < -0.3 is 5.32 Å². The Morgan fingerprint density at radius 3 is 2.68 bits per heavy atom. The van der Waals surface area contributed by atoms with Gasteiger partial charge in [-0.3, -0.25) is 4.68 Å². The summed E-state index contributed by atoms with van der Waals surface area (Å²) in [5, 5.41) is 11.3. The van der Waals surface area contributed by atoms with Gasteiger partial charge in [0.15, 0.2) is 0 Å². The van der Waals surface area contributed by atoms with Crippen molar-refractivity contribution in [3.8, 4) is 0 Å². The Morgan fingerprint density at radius 1 is 1.26 bits per heavy atom. The lowest BCUT2D eigenvalue weighted by atomic mass is 10.3. The molecule has 5 nitrogen and oxygen atoms in total. The summed E-state index contributed by atoms with van der Waals surface area (Å²) in [4.78, 5) is 0. The Kier molecular flexibility index (Phi) is 5.82. The van der Waals surface area contributed by atoms with E-state index in [1.165, 1.54) is 4.68 Å². The fourth-order valence-electron chi connectivity index (χ4n) is 1.75. The molecule has 19 heavy (non-hydrogen) atoms. The van der Waals surface area contributed by atoms with Crippen LogP contribution < -0.4 is 5.32 Å². The van der Waals surface area contributed by atoms with Crippen LogP contribution in [-0.2, 0) is 19.6 Å². The molecule has 0 aliphatic heterocycles. The molecular weight excluding hydrogens is 269 g/mol. The third-order valence-corrected chi connectivity index (χ3v) is 2.71. The second-order valence-corrected chi connectivity index (χ2v) is 4.12. The summed E-state index contributed by atoms with van der Waals surface area (Å²) < 4.78 is 16.9. The highest BCUT2D eigenvalue weighted by Crippen LogP contribution is 2.11. The quantitative estimate of drug-likeness (QED) is 0.888. The third kappa shape index (κ3) is 3.70. The first kappa shape index (κ1) is 15.5. The highest BCUT2D eigenvalue weighted by Gasteiger charge is 2.08. The number of hydrogen-bond acceptors (Lipinski definition) is 3. The molecule has 106 valence electrons. The van der Waals surface area contributed by atoms with Crippen LogP contribution in [0.2, 0.25) is 0 Å². The fourth-order valence-corrected chi connectivity index (χ4v) is 1.75. The summed E-state index contributed by atoms with van der Waals surface area (Å²) in [6.07, 6.45) is 6.27. The Bertz CT molecular complexity index is 508. The molecule has 0 saturated carbocycles. The van der Waals surface area contributed by atoms with E-state index in [1.54, 1.807) is 12.4 Å². The van der Waals surface area contributed by atoms with Crippen molar-refractivity contribution in [2.75, 3.05) is 5.32 Å². The van der Waals surface area contributed by atoms with E-state index in [-0.39, 0.29) is 18.4 Å². The van der Waals surface area contributed by atoms with E-state index >= 15 is 0 Å². The zero-order valence-corrected chi connectivity index (χ0v) is 12.0. The van der Waals surface area contributed by atoms with Gasteiger partial charge in [0.25, 0.3) is 0 Å². The van der Waals surface area contributed by atoms with Gasteiger partial charge in [0, 0.05) is 31.4 Å². The second-order valence-electron chi connectivity index (χ2n) is 4.12. The summed E-state index contributed by atoms with van der Waals surface area (Å²) in [7, 11) is 0. The monoisotopic (exact) mass is 287 g/mol. The third-order valence-electron chi connectivity index (χ3n) is 2.71. The summed E-state index contributed by atoms with van der Waals surface area (Å²) in [5.74, 6) is -0.272. The molecule has 0 fully saturated rings. The topological polar surface area (TPSA) is 47.7 Å². The molecule has 0 bridgehead atoms. The zero-order chi connectivity index (χ0) is 13.0. The van der Waals surface area contributed by atoms with Gasteiger partial charge in [-0.2, -0.15) is 14.6 Å². The first-order valence-electron chi connectivity index (χ1n) is 6.21. The highest BCUT2D eigenvalue weighted by molar-refractivity contribution is 5.85. The second kappa shape index (κ2) is 7.13. The fraction of sp³-hybridized carbons (Fsp3) is 0.500.